The average molecular weight is 301 g/mol. The van der Waals surface area contributed by atoms with E-state index in [2.05, 4.69) is 9.84 Å². The van der Waals surface area contributed by atoms with Crippen molar-refractivity contribution in [1.29, 1.82) is 0 Å². The summed E-state index contributed by atoms with van der Waals surface area (Å²) < 4.78 is 5.50. The fraction of sp³-hybridized carbons (Fsp3) is 0.583. The molecule has 7 nitrogen and oxygen atoms in total. The molecule has 20 heavy (non-hydrogen) atoms. The number of ether oxygens (including phenoxy) is 1. The minimum Gasteiger partial charge on any atom is -0.468 e. The minimum absolute atomic E-state index is 0.0709. The molecule has 1 atom stereocenters. The van der Waals surface area contributed by atoms with Gasteiger partial charge in [0.2, 0.25) is 0 Å². The molecule has 0 amide bonds. The van der Waals surface area contributed by atoms with Crippen LogP contribution in [0, 0.1) is 5.92 Å². The number of anilines is 1. The summed E-state index contributed by atoms with van der Waals surface area (Å²) in [5.74, 6) is -0.142. The van der Waals surface area contributed by atoms with Crippen molar-refractivity contribution in [3.8, 4) is 0 Å². The first-order valence-corrected chi connectivity index (χ1v) is 6.72. The summed E-state index contributed by atoms with van der Waals surface area (Å²) in [5, 5.41) is 4.04. The highest BCUT2D eigenvalue weighted by atomic mass is 35.5. The van der Waals surface area contributed by atoms with Crippen LogP contribution in [0.3, 0.4) is 0 Å². The number of carbonyl (C=O) groups excluding carboxylic acids is 1. The lowest BCUT2D eigenvalue weighted by atomic mass is 10.1. The molecule has 0 saturated carbocycles. The van der Waals surface area contributed by atoms with Crippen LogP contribution >= 0.6 is 11.6 Å². The van der Waals surface area contributed by atoms with E-state index in [0.29, 0.717) is 18.2 Å². The van der Waals surface area contributed by atoms with Gasteiger partial charge >= 0.3 is 5.97 Å². The van der Waals surface area contributed by atoms with Crippen LogP contribution in [0.5, 0.6) is 0 Å². The van der Waals surface area contributed by atoms with Crippen LogP contribution in [0.25, 0.3) is 0 Å². The van der Waals surface area contributed by atoms with Crippen molar-refractivity contribution in [3.05, 3.63) is 21.6 Å². The fourth-order valence-electron chi connectivity index (χ4n) is 2.22. The Morgan fingerprint density at radius 3 is 3.00 bits per heavy atom. The number of esters is 1. The largest absolute Gasteiger partial charge is 0.468 e. The number of nitrogens with two attached hydrogens (primary N) is 1. The predicted octanol–water partition coefficient (Wildman–Crippen LogP) is -0.145. The van der Waals surface area contributed by atoms with Crippen LogP contribution in [0.4, 0.5) is 5.69 Å². The van der Waals surface area contributed by atoms with Crippen molar-refractivity contribution < 1.29 is 9.53 Å². The summed E-state index contributed by atoms with van der Waals surface area (Å²) in [4.78, 5) is 25.2. The molecule has 1 aliphatic rings. The van der Waals surface area contributed by atoms with Crippen LogP contribution < -0.4 is 16.2 Å². The SMILES string of the molecule is COC(=O)Cn1ncc(N2CCC(CN)C2)c(Cl)c1=O. The number of hydrogen-bond acceptors (Lipinski definition) is 6. The van der Waals surface area contributed by atoms with Crippen molar-refractivity contribution >= 4 is 23.3 Å². The number of nitrogens with zero attached hydrogens (tertiary/aromatic N) is 3. The van der Waals surface area contributed by atoms with Gasteiger partial charge in [0.05, 0.1) is 19.0 Å². The molecule has 1 aromatic heterocycles. The molecule has 0 aromatic carbocycles. The number of halogens is 1. The molecule has 2 N–H and O–H groups in total. The quantitative estimate of drug-likeness (QED) is 0.778. The van der Waals surface area contributed by atoms with Crippen molar-refractivity contribution in [3.63, 3.8) is 0 Å². The fourth-order valence-corrected chi connectivity index (χ4v) is 2.49. The number of carbonyl (C=O) groups is 1. The van der Waals surface area contributed by atoms with Crippen molar-refractivity contribution in [1.82, 2.24) is 9.78 Å². The molecule has 0 radical (unpaired) electrons. The van der Waals surface area contributed by atoms with E-state index in [0.717, 1.165) is 24.2 Å². The van der Waals surface area contributed by atoms with Gasteiger partial charge in [-0.1, -0.05) is 11.6 Å². The second-order valence-electron chi connectivity index (χ2n) is 4.72. The van der Waals surface area contributed by atoms with Gasteiger partial charge in [0.25, 0.3) is 5.56 Å². The average Bonchev–Trinajstić information content (AvgIpc) is 2.92. The second-order valence-corrected chi connectivity index (χ2v) is 5.10. The molecule has 1 saturated heterocycles. The Morgan fingerprint density at radius 1 is 1.65 bits per heavy atom. The molecule has 2 heterocycles. The lowest BCUT2D eigenvalue weighted by Gasteiger charge is -2.19. The van der Waals surface area contributed by atoms with Gasteiger partial charge in [0.1, 0.15) is 11.6 Å². The third-order valence-corrected chi connectivity index (χ3v) is 3.79. The summed E-state index contributed by atoms with van der Waals surface area (Å²) in [7, 11) is 1.25. The number of rotatable bonds is 4. The van der Waals surface area contributed by atoms with Crippen molar-refractivity contribution in [2.45, 2.75) is 13.0 Å². The maximum absolute atomic E-state index is 12.1. The summed E-state index contributed by atoms with van der Waals surface area (Å²) in [6.45, 7) is 1.92. The summed E-state index contributed by atoms with van der Waals surface area (Å²) in [6.07, 6.45) is 2.48. The third-order valence-electron chi connectivity index (χ3n) is 3.43. The number of hydrogen-bond donors (Lipinski definition) is 1. The topological polar surface area (TPSA) is 90.5 Å². The molecular formula is C12H17ClN4O3. The summed E-state index contributed by atoms with van der Waals surface area (Å²) in [5.41, 5.74) is 5.74. The molecule has 0 bridgehead atoms. The van der Waals surface area contributed by atoms with E-state index in [4.69, 9.17) is 17.3 Å². The molecule has 1 fully saturated rings. The van der Waals surface area contributed by atoms with E-state index >= 15 is 0 Å². The van der Waals surface area contributed by atoms with E-state index < -0.39 is 11.5 Å². The zero-order valence-corrected chi connectivity index (χ0v) is 12.0. The van der Waals surface area contributed by atoms with E-state index in [1.807, 2.05) is 4.90 Å². The first-order valence-electron chi connectivity index (χ1n) is 6.34. The smallest absolute Gasteiger partial charge is 0.327 e. The Morgan fingerprint density at radius 2 is 2.40 bits per heavy atom. The highest BCUT2D eigenvalue weighted by molar-refractivity contribution is 6.33. The maximum atomic E-state index is 12.1. The third kappa shape index (κ3) is 2.94. The molecule has 1 aliphatic heterocycles. The van der Waals surface area contributed by atoms with Crippen molar-refractivity contribution in [2.24, 2.45) is 11.7 Å². The Balaban J connectivity index is 2.23. The molecule has 110 valence electrons. The molecule has 0 aliphatic carbocycles. The van der Waals surface area contributed by atoms with Gasteiger partial charge in [-0.3, -0.25) is 9.59 Å². The highest BCUT2D eigenvalue weighted by Crippen LogP contribution is 2.26. The van der Waals surface area contributed by atoms with Crippen LogP contribution in [-0.2, 0) is 16.1 Å². The van der Waals surface area contributed by atoms with Crippen LogP contribution in [0.1, 0.15) is 6.42 Å². The van der Waals surface area contributed by atoms with Gasteiger partial charge < -0.3 is 15.4 Å². The van der Waals surface area contributed by atoms with Crippen LogP contribution in [0.2, 0.25) is 5.02 Å². The monoisotopic (exact) mass is 300 g/mol. The maximum Gasteiger partial charge on any atom is 0.327 e. The van der Waals surface area contributed by atoms with Gasteiger partial charge in [-0.05, 0) is 18.9 Å². The van der Waals surface area contributed by atoms with Crippen LogP contribution in [-0.4, -0.2) is 42.5 Å². The van der Waals surface area contributed by atoms with E-state index in [1.54, 1.807) is 0 Å². The Hall–Kier alpha value is -1.60. The first-order chi connectivity index (χ1) is 9.56. The number of aromatic nitrogens is 2. The normalized spacial score (nSPS) is 18.4. The Labute approximate surface area is 121 Å². The van der Waals surface area contributed by atoms with Gasteiger partial charge in [0.15, 0.2) is 0 Å². The molecule has 1 unspecified atom stereocenters. The minimum atomic E-state index is -0.548. The zero-order chi connectivity index (χ0) is 14.7. The Bertz CT molecular complexity index is 560. The zero-order valence-electron chi connectivity index (χ0n) is 11.2. The van der Waals surface area contributed by atoms with E-state index in [-0.39, 0.29) is 11.6 Å². The van der Waals surface area contributed by atoms with Gasteiger partial charge in [-0.2, -0.15) is 5.10 Å². The standard InChI is InChI=1S/C12H17ClN4O3/c1-20-10(18)7-17-12(19)11(13)9(5-15-17)16-3-2-8(4-14)6-16/h5,8H,2-4,6-7,14H2,1H3. The number of methoxy groups -OCH3 is 1. The molecule has 0 spiro atoms. The summed E-state index contributed by atoms with van der Waals surface area (Å²) in [6, 6.07) is 0. The second kappa shape index (κ2) is 6.23. The molecular weight excluding hydrogens is 284 g/mol. The lowest BCUT2D eigenvalue weighted by molar-refractivity contribution is -0.141. The van der Waals surface area contributed by atoms with Crippen molar-refractivity contribution in [2.75, 3.05) is 31.6 Å². The van der Waals surface area contributed by atoms with Crippen LogP contribution in [0.15, 0.2) is 11.0 Å². The lowest BCUT2D eigenvalue weighted by Crippen LogP contribution is -2.31. The van der Waals surface area contributed by atoms with Gasteiger partial charge in [-0.15, -0.1) is 0 Å². The highest BCUT2D eigenvalue weighted by Gasteiger charge is 2.25. The van der Waals surface area contributed by atoms with Gasteiger partial charge in [0, 0.05) is 13.1 Å². The van der Waals surface area contributed by atoms with E-state index in [9.17, 15) is 9.59 Å². The van der Waals surface area contributed by atoms with E-state index in [1.165, 1.54) is 13.3 Å². The molecule has 2 rings (SSSR count). The first kappa shape index (κ1) is 14.8. The predicted molar refractivity (Wildman–Crippen MR) is 74.9 cm³/mol. The van der Waals surface area contributed by atoms with Gasteiger partial charge in [-0.25, -0.2) is 4.68 Å². The summed E-state index contributed by atoms with van der Waals surface area (Å²) >= 11 is 6.10. The Kier molecular flexibility index (Phi) is 4.61. The molecule has 1 aromatic rings. The molecule has 8 heteroatoms.